The number of nitrogens with one attached hydrogen (secondary N) is 1. The van der Waals surface area contributed by atoms with Gasteiger partial charge in [0.05, 0.1) is 36.5 Å². The fourth-order valence-corrected chi connectivity index (χ4v) is 4.75. The number of halogens is 1. The zero-order valence-electron chi connectivity index (χ0n) is 14.1. The molecule has 0 spiro atoms. The molecule has 1 N–H and O–H groups in total. The molecular formula is C16H21ClN2O5S. The minimum absolute atomic E-state index is 0.0653. The van der Waals surface area contributed by atoms with Gasteiger partial charge < -0.3 is 9.47 Å². The molecule has 0 aliphatic carbocycles. The number of methoxy groups -OCH3 is 1. The van der Waals surface area contributed by atoms with E-state index in [1.165, 1.54) is 13.3 Å². The van der Waals surface area contributed by atoms with Crippen LogP contribution < -0.4 is 14.9 Å². The molecular weight excluding hydrogens is 368 g/mol. The molecule has 1 aromatic carbocycles. The van der Waals surface area contributed by atoms with E-state index < -0.39 is 9.84 Å². The molecule has 138 valence electrons. The number of hydrazone groups is 1. The third-order valence-electron chi connectivity index (χ3n) is 3.74. The number of benzene rings is 1. The number of carbonyl (C=O) groups is 1. The maximum atomic E-state index is 11.8. The fourth-order valence-electron chi connectivity index (χ4n) is 2.62. The lowest BCUT2D eigenvalue weighted by atomic mass is 10.1. The van der Waals surface area contributed by atoms with Crippen molar-refractivity contribution in [2.45, 2.75) is 19.8 Å². The molecule has 1 aliphatic heterocycles. The average Bonchev–Trinajstić information content (AvgIpc) is 2.88. The maximum absolute atomic E-state index is 11.8. The number of nitrogens with zero attached hydrogens (tertiary/aromatic N) is 1. The van der Waals surface area contributed by atoms with Crippen LogP contribution in [0.5, 0.6) is 11.5 Å². The van der Waals surface area contributed by atoms with Crippen molar-refractivity contribution >= 4 is 33.6 Å². The monoisotopic (exact) mass is 388 g/mol. The largest absolute Gasteiger partial charge is 0.493 e. The molecule has 9 heteroatoms. The number of hydrogen-bond acceptors (Lipinski definition) is 6. The Labute approximate surface area is 152 Å². The zero-order chi connectivity index (χ0) is 18.4. The van der Waals surface area contributed by atoms with E-state index >= 15 is 0 Å². The summed E-state index contributed by atoms with van der Waals surface area (Å²) in [5, 5.41) is 4.26. The average molecular weight is 389 g/mol. The number of carbonyl (C=O) groups excluding carboxylic acids is 1. The summed E-state index contributed by atoms with van der Waals surface area (Å²) in [4.78, 5) is 11.8. The lowest BCUT2D eigenvalue weighted by molar-refractivity contribution is -0.121. The number of ether oxygens (including phenoxy) is 2. The first-order valence-corrected chi connectivity index (χ1v) is 10.1. The molecule has 7 nitrogen and oxygen atoms in total. The second-order valence-electron chi connectivity index (χ2n) is 5.73. The van der Waals surface area contributed by atoms with Crippen LogP contribution in [0.2, 0.25) is 5.02 Å². The van der Waals surface area contributed by atoms with Crippen molar-refractivity contribution in [1.82, 2.24) is 5.43 Å². The summed E-state index contributed by atoms with van der Waals surface area (Å²) in [6.45, 7) is 2.30. The zero-order valence-corrected chi connectivity index (χ0v) is 15.7. The van der Waals surface area contributed by atoms with Crippen molar-refractivity contribution in [3.8, 4) is 11.5 Å². The Bertz CT molecular complexity index is 764. The first-order chi connectivity index (χ1) is 11.8. The van der Waals surface area contributed by atoms with Crippen LogP contribution in [0.1, 0.15) is 25.3 Å². The molecule has 1 fully saturated rings. The quantitative estimate of drug-likeness (QED) is 0.569. The van der Waals surface area contributed by atoms with Gasteiger partial charge in [0.1, 0.15) is 0 Å². The van der Waals surface area contributed by atoms with E-state index in [4.69, 9.17) is 21.1 Å². The Morgan fingerprint density at radius 1 is 1.48 bits per heavy atom. The van der Waals surface area contributed by atoms with Crippen LogP contribution in [-0.2, 0) is 14.6 Å². The molecule has 1 atom stereocenters. The van der Waals surface area contributed by atoms with Crippen LogP contribution in [0.3, 0.4) is 0 Å². The second kappa shape index (κ2) is 8.53. The second-order valence-corrected chi connectivity index (χ2v) is 8.37. The molecule has 2 rings (SSSR count). The predicted molar refractivity (Wildman–Crippen MR) is 96.3 cm³/mol. The van der Waals surface area contributed by atoms with E-state index in [1.807, 2.05) is 6.92 Å². The molecule has 1 saturated heterocycles. The van der Waals surface area contributed by atoms with Gasteiger partial charge in [0, 0.05) is 6.42 Å². The highest BCUT2D eigenvalue weighted by molar-refractivity contribution is 7.91. The van der Waals surface area contributed by atoms with Crippen molar-refractivity contribution in [3.63, 3.8) is 0 Å². The highest BCUT2D eigenvalue weighted by atomic mass is 35.5. The highest BCUT2D eigenvalue weighted by Crippen LogP contribution is 2.35. The van der Waals surface area contributed by atoms with Gasteiger partial charge in [0.2, 0.25) is 5.91 Å². The van der Waals surface area contributed by atoms with Crippen LogP contribution in [-0.4, -0.2) is 45.8 Å². The third kappa shape index (κ3) is 5.61. The van der Waals surface area contributed by atoms with E-state index in [1.54, 1.807) is 12.1 Å². The first kappa shape index (κ1) is 19.5. The van der Waals surface area contributed by atoms with Crippen LogP contribution in [0.25, 0.3) is 0 Å². The van der Waals surface area contributed by atoms with Gasteiger partial charge in [0.25, 0.3) is 0 Å². The Balaban J connectivity index is 1.95. The molecule has 25 heavy (non-hydrogen) atoms. The summed E-state index contributed by atoms with van der Waals surface area (Å²) in [5.41, 5.74) is 3.04. The minimum atomic E-state index is -2.98. The van der Waals surface area contributed by atoms with Gasteiger partial charge in [-0.1, -0.05) is 11.6 Å². The predicted octanol–water partition coefficient (Wildman–Crippen LogP) is 2.02. The smallest absolute Gasteiger partial charge is 0.240 e. The molecule has 1 heterocycles. The highest BCUT2D eigenvalue weighted by Gasteiger charge is 2.29. The molecule has 0 unspecified atom stereocenters. The molecule has 0 radical (unpaired) electrons. The lowest BCUT2D eigenvalue weighted by Gasteiger charge is -2.11. The SMILES string of the molecule is CCOc1c(Cl)cc(/C=N\NC(=O)C[C@@H]2CCS(=O)(=O)C2)cc1OC. The number of amides is 1. The summed E-state index contributed by atoms with van der Waals surface area (Å²) in [6.07, 6.45) is 2.10. The van der Waals surface area contributed by atoms with Gasteiger partial charge in [-0.2, -0.15) is 5.10 Å². The van der Waals surface area contributed by atoms with Crippen molar-refractivity contribution in [2.24, 2.45) is 11.0 Å². The number of rotatable bonds is 7. The van der Waals surface area contributed by atoms with Crippen LogP contribution in [0.15, 0.2) is 17.2 Å². The molecule has 1 amide bonds. The normalized spacial score (nSPS) is 19.1. The third-order valence-corrected chi connectivity index (χ3v) is 5.86. The topological polar surface area (TPSA) is 94.1 Å². The van der Waals surface area contributed by atoms with Gasteiger partial charge in [0.15, 0.2) is 21.3 Å². The maximum Gasteiger partial charge on any atom is 0.240 e. The summed E-state index contributed by atoms with van der Waals surface area (Å²) in [7, 11) is -1.48. The van der Waals surface area contributed by atoms with Gasteiger partial charge in [-0.15, -0.1) is 0 Å². The Morgan fingerprint density at radius 2 is 2.24 bits per heavy atom. The van der Waals surface area contributed by atoms with Crippen molar-refractivity contribution in [2.75, 3.05) is 25.2 Å². The molecule has 0 saturated carbocycles. The summed E-state index contributed by atoms with van der Waals surface area (Å²) in [5.74, 6) is 0.685. The lowest BCUT2D eigenvalue weighted by Crippen LogP contribution is -2.21. The van der Waals surface area contributed by atoms with E-state index in [0.717, 1.165) is 0 Å². The van der Waals surface area contributed by atoms with Gasteiger partial charge in [-0.05, 0) is 37.0 Å². The van der Waals surface area contributed by atoms with Crippen LogP contribution in [0.4, 0.5) is 0 Å². The van der Waals surface area contributed by atoms with Gasteiger partial charge >= 0.3 is 0 Å². The number of sulfone groups is 1. The molecule has 0 bridgehead atoms. The molecule has 1 aromatic rings. The summed E-state index contributed by atoms with van der Waals surface area (Å²) in [6, 6.07) is 3.34. The van der Waals surface area contributed by atoms with E-state index in [9.17, 15) is 13.2 Å². The Morgan fingerprint density at radius 3 is 2.84 bits per heavy atom. The van der Waals surface area contributed by atoms with Gasteiger partial charge in [-0.3, -0.25) is 4.79 Å². The fraction of sp³-hybridized carbons (Fsp3) is 0.500. The Kier molecular flexibility index (Phi) is 6.66. The number of hydrogen-bond donors (Lipinski definition) is 1. The van der Waals surface area contributed by atoms with E-state index in [-0.39, 0.29) is 29.8 Å². The molecule has 0 aromatic heterocycles. The van der Waals surface area contributed by atoms with Gasteiger partial charge in [-0.25, -0.2) is 13.8 Å². The van der Waals surface area contributed by atoms with Crippen molar-refractivity contribution in [1.29, 1.82) is 0 Å². The minimum Gasteiger partial charge on any atom is -0.493 e. The van der Waals surface area contributed by atoms with Crippen molar-refractivity contribution in [3.05, 3.63) is 22.7 Å². The summed E-state index contributed by atoms with van der Waals surface area (Å²) < 4.78 is 33.5. The van der Waals surface area contributed by atoms with Crippen LogP contribution in [0, 0.1) is 5.92 Å². The van der Waals surface area contributed by atoms with E-state index in [0.29, 0.717) is 35.1 Å². The Hall–Kier alpha value is -1.80. The van der Waals surface area contributed by atoms with Crippen molar-refractivity contribution < 1.29 is 22.7 Å². The molecule has 1 aliphatic rings. The van der Waals surface area contributed by atoms with Crippen LogP contribution >= 0.6 is 11.6 Å². The standard InChI is InChI=1S/C16H21ClN2O5S/c1-3-24-16-13(17)6-12(7-14(16)23-2)9-18-19-15(20)8-11-4-5-25(21,22)10-11/h6-7,9,11H,3-5,8,10H2,1-2H3,(H,19,20)/b18-9-/t11-/m0/s1. The summed E-state index contributed by atoms with van der Waals surface area (Å²) >= 11 is 6.16. The van der Waals surface area contributed by atoms with E-state index in [2.05, 4.69) is 10.5 Å². The first-order valence-electron chi connectivity index (χ1n) is 7.87.